The lowest BCUT2D eigenvalue weighted by atomic mass is 9.80. The first-order chi connectivity index (χ1) is 9.09. The normalized spacial score (nSPS) is 19.0. The zero-order chi connectivity index (χ0) is 15.4. The monoisotopic (exact) mass is 297 g/mol. The predicted octanol–water partition coefficient (Wildman–Crippen LogP) is 5.35. The molecule has 1 saturated carbocycles. The molecule has 0 bridgehead atoms. The Bertz CT molecular complexity index is 303. The van der Waals surface area contributed by atoms with Crippen molar-refractivity contribution in [2.45, 2.75) is 105 Å². The minimum Gasteiger partial charge on any atom is -0.303 e. The highest BCUT2D eigenvalue weighted by Gasteiger charge is 2.32. The molecule has 1 fully saturated rings. The highest BCUT2D eigenvalue weighted by Crippen LogP contribution is 2.29. The summed E-state index contributed by atoms with van der Waals surface area (Å²) in [5, 5.41) is 3.55. The molecule has 0 amide bonds. The Balaban J connectivity index is 0.00000400. The van der Waals surface area contributed by atoms with E-state index in [0.29, 0.717) is 5.78 Å². The van der Waals surface area contributed by atoms with Gasteiger partial charge in [0.25, 0.3) is 0 Å². The fourth-order valence-corrected chi connectivity index (χ4v) is 3.19. The summed E-state index contributed by atoms with van der Waals surface area (Å²) >= 11 is 0. The SMILES string of the molecule is C.CC(C)(C)NC(CCC1CCCCC1)C(=O)C(C)(C)C. The van der Waals surface area contributed by atoms with E-state index in [0.717, 1.165) is 12.3 Å². The molecule has 0 heterocycles. The Hall–Kier alpha value is -0.370. The minimum atomic E-state index is -0.254. The van der Waals surface area contributed by atoms with Crippen molar-refractivity contribution in [2.75, 3.05) is 0 Å². The Morgan fingerprint density at radius 1 is 1.05 bits per heavy atom. The number of carbonyl (C=O) groups is 1. The van der Waals surface area contributed by atoms with E-state index < -0.39 is 0 Å². The van der Waals surface area contributed by atoms with Crippen molar-refractivity contribution in [3.63, 3.8) is 0 Å². The Labute approximate surface area is 133 Å². The molecule has 1 N–H and O–H groups in total. The van der Waals surface area contributed by atoms with E-state index in [1.165, 1.54) is 38.5 Å². The van der Waals surface area contributed by atoms with Crippen LogP contribution in [0.25, 0.3) is 0 Å². The summed E-state index contributed by atoms with van der Waals surface area (Å²) in [6, 6.07) is 0.0110. The number of hydrogen-bond acceptors (Lipinski definition) is 2. The summed E-state index contributed by atoms with van der Waals surface area (Å²) in [4.78, 5) is 12.7. The summed E-state index contributed by atoms with van der Waals surface area (Å²) in [5.41, 5.74) is -0.256. The maximum atomic E-state index is 12.7. The maximum Gasteiger partial charge on any atom is 0.155 e. The molecule has 1 aliphatic rings. The van der Waals surface area contributed by atoms with Crippen molar-refractivity contribution in [3.05, 3.63) is 0 Å². The van der Waals surface area contributed by atoms with Gasteiger partial charge in [-0.15, -0.1) is 0 Å². The molecule has 0 aromatic rings. The zero-order valence-electron chi connectivity index (χ0n) is 14.5. The third kappa shape index (κ3) is 7.99. The Morgan fingerprint density at radius 2 is 1.57 bits per heavy atom. The van der Waals surface area contributed by atoms with Gasteiger partial charge >= 0.3 is 0 Å². The molecular formula is C19H39NO. The molecule has 1 rings (SSSR count). The quantitative estimate of drug-likeness (QED) is 0.740. The molecule has 0 aliphatic heterocycles. The van der Waals surface area contributed by atoms with Crippen LogP contribution in [-0.2, 0) is 4.79 Å². The van der Waals surface area contributed by atoms with Gasteiger partial charge in [0.2, 0.25) is 0 Å². The third-order valence-corrected chi connectivity index (χ3v) is 4.25. The molecule has 0 spiro atoms. The zero-order valence-corrected chi connectivity index (χ0v) is 14.5. The Morgan fingerprint density at radius 3 is 2.00 bits per heavy atom. The van der Waals surface area contributed by atoms with Crippen LogP contribution in [0.2, 0.25) is 0 Å². The molecule has 1 atom stereocenters. The molecular weight excluding hydrogens is 258 g/mol. The first-order valence-corrected chi connectivity index (χ1v) is 8.41. The lowest BCUT2D eigenvalue weighted by Gasteiger charge is -2.33. The van der Waals surface area contributed by atoms with Crippen molar-refractivity contribution < 1.29 is 4.79 Å². The summed E-state index contributed by atoms with van der Waals surface area (Å²) in [5.74, 6) is 1.21. The first kappa shape index (κ1) is 20.6. The van der Waals surface area contributed by atoms with Crippen LogP contribution < -0.4 is 5.32 Å². The van der Waals surface area contributed by atoms with Gasteiger partial charge in [-0.3, -0.25) is 4.79 Å². The predicted molar refractivity (Wildman–Crippen MR) is 93.7 cm³/mol. The van der Waals surface area contributed by atoms with Crippen molar-refractivity contribution in [2.24, 2.45) is 11.3 Å². The van der Waals surface area contributed by atoms with Crippen molar-refractivity contribution in [1.82, 2.24) is 5.32 Å². The standard InChI is InChI=1S/C18H35NO.CH4/c1-17(2,3)16(20)15(19-18(4,5)6)13-12-14-10-8-7-9-11-14;/h14-15,19H,7-13H2,1-6H3;1H4. The molecule has 2 heteroatoms. The van der Waals surface area contributed by atoms with Crippen molar-refractivity contribution in [1.29, 1.82) is 0 Å². The van der Waals surface area contributed by atoms with E-state index >= 15 is 0 Å². The van der Waals surface area contributed by atoms with Crippen molar-refractivity contribution in [3.8, 4) is 0 Å². The summed E-state index contributed by atoms with van der Waals surface area (Å²) in [6.07, 6.45) is 9.11. The van der Waals surface area contributed by atoms with Crippen LogP contribution in [0.3, 0.4) is 0 Å². The van der Waals surface area contributed by atoms with E-state index in [9.17, 15) is 4.79 Å². The van der Waals surface area contributed by atoms with Crippen LogP contribution in [-0.4, -0.2) is 17.4 Å². The van der Waals surface area contributed by atoms with Crippen LogP contribution in [0.4, 0.5) is 0 Å². The summed E-state index contributed by atoms with van der Waals surface area (Å²) in [6.45, 7) is 12.6. The van der Waals surface area contributed by atoms with Crippen molar-refractivity contribution >= 4 is 5.78 Å². The highest BCUT2D eigenvalue weighted by atomic mass is 16.1. The lowest BCUT2D eigenvalue weighted by molar-refractivity contribution is -0.129. The van der Waals surface area contributed by atoms with Gasteiger partial charge < -0.3 is 5.32 Å². The van der Waals surface area contributed by atoms with E-state index in [1.807, 2.05) is 20.8 Å². The molecule has 0 saturated heterocycles. The minimum absolute atomic E-state index is 0. The van der Waals surface area contributed by atoms with Gasteiger partial charge in [-0.05, 0) is 39.5 Å². The van der Waals surface area contributed by atoms with Gasteiger partial charge in [0.1, 0.15) is 0 Å². The topological polar surface area (TPSA) is 29.1 Å². The number of Topliss-reactive ketones (excluding diaryl/α,β-unsaturated/α-hetero) is 1. The van der Waals surface area contributed by atoms with Gasteiger partial charge in [-0.25, -0.2) is 0 Å². The maximum absolute atomic E-state index is 12.7. The molecule has 2 nitrogen and oxygen atoms in total. The number of hydrogen-bond donors (Lipinski definition) is 1. The number of rotatable bonds is 5. The lowest BCUT2D eigenvalue weighted by Crippen LogP contribution is -2.51. The van der Waals surface area contributed by atoms with E-state index in [2.05, 4.69) is 26.1 Å². The average molecular weight is 298 g/mol. The third-order valence-electron chi connectivity index (χ3n) is 4.25. The van der Waals surface area contributed by atoms with Gasteiger partial charge in [-0.1, -0.05) is 60.3 Å². The first-order valence-electron chi connectivity index (χ1n) is 8.41. The molecule has 0 radical (unpaired) electrons. The van der Waals surface area contributed by atoms with E-state index in [1.54, 1.807) is 0 Å². The molecule has 1 aliphatic carbocycles. The van der Waals surface area contributed by atoms with E-state index in [4.69, 9.17) is 0 Å². The number of carbonyl (C=O) groups excluding carboxylic acids is 1. The number of nitrogens with one attached hydrogen (secondary N) is 1. The van der Waals surface area contributed by atoms with Gasteiger partial charge in [0.15, 0.2) is 5.78 Å². The summed E-state index contributed by atoms with van der Waals surface area (Å²) < 4.78 is 0. The highest BCUT2D eigenvalue weighted by molar-refractivity contribution is 5.88. The second-order valence-electron chi connectivity index (χ2n) is 8.64. The van der Waals surface area contributed by atoms with Crippen LogP contribution in [0, 0.1) is 11.3 Å². The number of ketones is 1. The molecule has 1 unspecified atom stereocenters. The average Bonchev–Trinajstić information content (AvgIpc) is 2.32. The molecule has 126 valence electrons. The van der Waals surface area contributed by atoms with Gasteiger partial charge in [-0.2, -0.15) is 0 Å². The molecule has 0 aromatic heterocycles. The fourth-order valence-electron chi connectivity index (χ4n) is 3.19. The molecule has 21 heavy (non-hydrogen) atoms. The van der Waals surface area contributed by atoms with Crippen LogP contribution in [0.5, 0.6) is 0 Å². The largest absolute Gasteiger partial charge is 0.303 e. The van der Waals surface area contributed by atoms with Crippen LogP contribution in [0.1, 0.15) is 93.9 Å². The summed E-state index contributed by atoms with van der Waals surface area (Å²) in [7, 11) is 0. The van der Waals surface area contributed by atoms with Crippen LogP contribution >= 0.6 is 0 Å². The van der Waals surface area contributed by atoms with Gasteiger partial charge in [0.05, 0.1) is 6.04 Å². The van der Waals surface area contributed by atoms with Crippen LogP contribution in [0.15, 0.2) is 0 Å². The fraction of sp³-hybridized carbons (Fsp3) is 0.947. The second kappa shape index (κ2) is 8.31. The van der Waals surface area contributed by atoms with Gasteiger partial charge in [0, 0.05) is 11.0 Å². The Kier molecular flexibility index (Phi) is 8.17. The van der Waals surface area contributed by atoms with E-state index in [-0.39, 0.29) is 24.4 Å². The second-order valence-corrected chi connectivity index (χ2v) is 8.64. The smallest absolute Gasteiger partial charge is 0.155 e. The molecule has 0 aromatic carbocycles.